The van der Waals surface area contributed by atoms with Gasteiger partial charge in [-0.3, -0.25) is 14.9 Å². The van der Waals surface area contributed by atoms with Crippen molar-refractivity contribution in [2.24, 2.45) is 0 Å². The number of aryl methyl sites for hydroxylation is 1. The van der Waals surface area contributed by atoms with Gasteiger partial charge in [0, 0.05) is 32.1 Å². The SMILES string of the molecule is CC[C@H](c1cccnc1)N(C)C(=O)CCCc1cn[nH]c1. The molecule has 0 bridgehead atoms. The Morgan fingerprint density at radius 2 is 2.29 bits per heavy atom. The zero-order chi connectivity index (χ0) is 15.1. The molecule has 1 amide bonds. The Labute approximate surface area is 125 Å². The maximum absolute atomic E-state index is 12.3. The van der Waals surface area contributed by atoms with Gasteiger partial charge in [0.05, 0.1) is 12.2 Å². The molecule has 0 spiro atoms. The van der Waals surface area contributed by atoms with E-state index < -0.39 is 0 Å². The highest BCUT2D eigenvalue weighted by atomic mass is 16.2. The summed E-state index contributed by atoms with van der Waals surface area (Å²) in [6.07, 6.45) is 10.4. The van der Waals surface area contributed by atoms with Crippen LogP contribution in [0.5, 0.6) is 0 Å². The number of nitrogens with zero attached hydrogens (tertiary/aromatic N) is 3. The minimum absolute atomic E-state index is 0.0973. The quantitative estimate of drug-likeness (QED) is 0.851. The predicted octanol–water partition coefficient (Wildman–Crippen LogP) is 2.74. The van der Waals surface area contributed by atoms with E-state index in [0.29, 0.717) is 6.42 Å². The summed E-state index contributed by atoms with van der Waals surface area (Å²) in [6.45, 7) is 2.09. The van der Waals surface area contributed by atoms with Gasteiger partial charge in [-0.2, -0.15) is 5.10 Å². The molecule has 0 saturated heterocycles. The minimum Gasteiger partial charge on any atom is -0.339 e. The Morgan fingerprint density at radius 3 is 2.90 bits per heavy atom. The largest absolute Gasteiger partial charge is 0.339 e. The van der Waals surface area contributed by atoms with E-state index in [4.69, 9.17) is 0 Å². The molecule has 2 aromatic heterocycles. The van der Waals surface area contributed by atoms with Gasteiger partial charge < -0.3 is 4.90 Å². The average Bonchev–Trinajstić information content (AvgIpc) is 3.02. The lowest BCUT2D eigenvalue weighted by atomic mass is 10.0. The van der Waals surface area contributed by atoms with E-state index in [-0.39, 0.29) is 11.9 Å². The highest BCUT2D eigenvalue weighted by molar-refractivity contribution is 5.76. The van der Waals surface area contributed by atoms with Gasteiger partial charge in [0.2, 0.25) is 5.91 Å². The Bertz CT molecular complexity index is 539. The summed E-state index contributed by atoms with van der Waals surface area (Å²) in [4.78, 5) is 18.3. The molecule has 5 nitrogen and oxygen atoms in total. The fourth-order valence-corrected chi connectivity index (χ4v) is 2.51. The molecule has 0 saturated carbocycles. The van der Waals surface area contributed by atoms with Crippen molar-refractivity contribution in [3.8, 4) is 0 Å². The lowest BCUT2D eigenvalue weighted by Gasteiger charge is -2.27. The van der Waals surface area contributed by atoms with Crippen molar-refractivity contribution < 1.29 is 4.79 Å². The first-order valence-corrected chi connectivity index (χ1v) is 7.35. The normalized spacial score (nSPS) is 12.1. The maximum Gasteiger partial charge on any atom is 0.222 e. The van der Waals surface area contributed by atoms with Crippen LogP contribution in [0.1, 0.15) is 43.4 Å². The number of carbonyl (C=O) groups is 1. The minimum atomic E-state index is 0.0973. The van der Waals surface area contributed by atoms with Gasteiger partial charge in [0.15, 0.2) is 0 Å². The number of rotatable bonds is 7. The maximum atomic E-state index is 12.3. The number of hydrogen-bond acceptors (Lipinski definition) is 3. The van der Waals surface area contributed by atoms with Gasteiger partial charge in [0.1, 0.15) is 0 Å². The number of hydrogen-bond donors (Lipinski definition) is 1. The van der Waals surface area contributed by atoms with Crippen LogP contribution in [-0.2, 0) is 11.2 Å². The Kier molecular flexibility index (Phi) is 5.49. The second-order valence-electron chi connectivity index (χ2n) is 5.18. The van der Waals surface area contributed by atoms with Crippen molar-refractivity contribution in [1.82, 2.24) is 20.1 Å². The van der Waals surface area contributed by atoms with E-state index in [2.05, 4.69) is 22.1 Å². The van der Waals surface area contributed by atoms with Crippen molar-refractivity contribution in [2.75, 3.05) is 7.05 Å². The summed E-state index contributed by atoms with van der Waals surface area (Å²) >= 11 is 0. The van der Waals surface area contributed by atoms with Gasteiger partial charge in [-0.15, -0.1) is 0 Å². The zero-order valence-electron chi connectivity index (χ0n) is 12.6. The van der Waals surface area contributed by atoms with Crippen molar-refractivity contribution in [2.45, 2.75) is 38.6 Å². The Hall–Kier alpha value is -2.17. The highest BCUT2D eigenvalue weighted by Gasteiger charge is 2.19. The third-order valence-corrected chi connectivity index (χ3v) is 3.73. The van der Waals surface area contributed by atoms with E-state index in [1.165, 1.54) is 0 Å². The molecule has 2 aromatic rings. The van der Waals surface area contributed by atoms with Crippen LogP contribution >= 0.6 is 0 Å². The molecule has 0 fully saturated rings. The first-order chi connectivity index (χ1) is 10.2. The lowest BCUT2D eigenvalue weighted by molar-refractivity contribution is -0.132. The van der Waals surface area contributed by atoms with Gasteiger partial charge in [0.25, 0.3) is 0 Å². The molecular formula is C16H22N4O. The second-order valence-corrected chi connectivity index (χ2v) is 5.18. The molecule has 0 radical (unpaired) electrons. The van der Waals surface area contributed by atoms with Gasteiger partial charge in [-0.25, -0.2) is 0 Å². The van der Waals surface area contributed by atoms with Crippen LogP contribution < -0.4 is 0 Å². The van der Waals surface area contributed by atoms with Crippen LogP contribution in [0.2, 0.25) is 0 Å². The molecule has 0 unspecified atom stereocenters. The molecule has 21 heavy (non-hydrogen) atoms. The first kappa shape index (κ1) is 15.2. The molecule has 0 aliphatic rings. The molecule has 0 aliphatic carbocycles. The van der Waals surface area contributed by atoms with Crippen LogP contribution in [0.4, 0.5) is 0 Å². The third-order valence-electron chi connectivity index (χ3n) is 3.73. The lowest BCUT2D eigenvalue weighted by Crippen LogP contribution is -2.30. The number of aromatic amines is 1. The summed E-state index contributed by atoms with van der Waals surface area (Å²) in [7, 11) is 1.88. The number of H-pyrrole nitrogens is 1. The second kappa shape index (κ2) is 7.57. The number of nitrogens with one attached hydrogen (secondary N) is 1. The van der Waals surface area contributed by atoms with Crippen molar-refractivity contribution in [3.05, 3.63) is 48.0 Å². The van der Waals surface area contributed by atoms with Gasteiger partial charge in [-0.1, -0.05) is 13.0 Å². The van der Waals surface area contributed by atoms with E-state index >= 15 is 0 Å². The summed E-state index contributed by atoms with van der Waals surface area (Å²) in [5, 5.41) is 6.70. The number of pyridine rings is 1. The predicted molar refractivity (Wildman–Crippen MR) is 81.6 cm³/mol. The molecule has 112 valence electrons. The monoisotopic (exact) mass is 286 g/mol. The highest BCUT2D eigenvalue weighted by Crippen LogP contribution is 2.22. The summed E-state index contributed by atoms with van der Waals surface area (Å²) in [5.41, 5.74) is 2.23. The van der Waals surface area contributed by atoms with Gasteiger partial charge >= 0.3 is 0 Å². The summed E-state index contributed by atoms with van der Waals surface area (Å²) in [5.74, 6) is 0.175. The summed E-state index contributed by atoms with van der Waals surface area (Å²) in [6, 6.07) is 4.03. The smallest absolute Gasteiger partial charge is 0.222 e. The molecule has 5 heteroatoms. The molecule has 1 atom stereocenters. The van der Waals surface area contributed by atoms with Crippen LogP contribution in [0.15, 0.2) is 36.9 Å². The first-order valence-electron chi connectivity index (χ1n) is 7.35. The van der Waals surface area contributed by atoms with Crippen LogP contribution in [-0.4, -0.2) is 33.0 Å². The zero-order valence-corrected chi connectivity index (χ0v) is 12.6. The number of carbonyl (C=O) groups excluding carboxylic acids is 1. The van der Waals surface area contributed by atoms with E-state index in [1.54, 1.807) is 12.4 Å². The van der Waals surface area contributed by atoms with Crippen LogP contribution in [0, 0.1) is 0 Å². The third kappa shape index (κ3) is 4.15. The van der Waals surface area contributed by atoms with Crippen LogP contribution in [0.25, 0.3) is 0 Å². The standard InChI is InChI=1S/C16H22N4O/c1-3-15(14-7-5-9-17-12-14)20(2)16(21)8-4-6-13-10-18-19-11-13/h5,7,9-12,15H,3-4,6,8H2,1-2H3,(H,18,19)/t15-/m1/s1. The molecular weight excluding hydrogens is 264 g/mol. The average molecular weight is 286 g/mol. The molecule has 1 N–H and O–H groups in total. The van der Waals surface area contributed by atoms with Crippen molar-refractivity contribution >= 4 is 5.91 Å². The van der Waals surface area contributed by atoms with E-state index in [1.807, 2.05) is 36.5 Å². The molecule has 0 aromatic carbocycles. The fraction of sp³-hybridized carbons (Fsp3) is 0.438. The number of amides is 1. The molecule has 2 heterocycles. The fourth-order valence-electron chi connectivity index (χ4n) is 2.51. The van der Waals surface area contributed by atoms with E-state index in [0.717, 1.165) is 30.4 Å². The van der Waals surface area contributed by atoms with Crippen LogP contribution in [0.3, 0.4) is 0 Å². The molecule has 2 rings (SSSR count). The Morgan fingerprint density at radius 1 is 1.43 bits per heavy atom. The van der Waals surface area contributed by atoms with Crippen molar-refractivity contribution in [1.29, 1.82) is 0 Å². The molecule has 0 aliphatic heterocycles. The van der Waals surface area contributed by atoms with E-state index in [9.17, 15) is 4.79 Å². The topological polar surface area (TPSA) is 61.9 Å². The summed E-state index contributed by atoms with van der Waals surface area (Å²) < 4.78 is 0. The number of aromatic nitrogens is 3. The Balaban J connectivity index is 1.88. The van der Waals surface area contributed by atoms with Crippen molar-refractivity contribution in [3.63, 3.8) is 0 Å². The van der Waals surface area contributed by atoms with Gasteiger partial charge in [-0.05, 0) is 36.5 Å².